The fourth-order valence-electron chi connectivity index (χ4n) is 6.64. The number of hydrogen-bond donors (Lipinski definition) is 3. The minimum atomic E-state index is -1.07. The summed E-state index contributed by atoms with van der Waals surface area (Å²) in [6.45, 7) is 7.34. The van der Waals surface area contributed by atoms with E-state index in [4.69, 9.17) is 9.47 Å². The van der Waals surface area contributed by atoms with Crippen molar-refractivity contribution in [2.75, 3.05) is 39.9 Å². The van der Waals surface area contributed by atoms with Crippen LogP contribution in [0.1, 0.15) is 66.2 Å². The number of ether oxygens (including phenoxy) is 2. The van der Waals surface area contributed by atoms with Gasteiger partial charge in [0.15, 0.2) is 5.78 Å². The van der Waals surface area contributed by atoms with Crippen molar-refractivity contribution >= 4 is 40.6 Å². The molecule has 3 atom stereocenters. The summed E-state index contributed by atoms with van der Waals surface area (Å²) < 4.78 is 11.1. The SMILES string of the molecule is CN(Cc1csc(C(C)(C)O)n1)C(=O)NC(CCN1CCOCC1)C(=O)CC(CCC(Cc1ccccc1)NC(=O)OCc1cccs1)Cc1ccccc1. The highest BCUT2D eigenvalue weighted by atomic mass is 32.1. The average molecular weight is 790 g/mol. The molecular formula is C42H55N5O6S2. The molecule has 1 aliphatic heterocycles. The summed E-state index contributed by atoms with van der Waals surface area (Å²) in [6.07, 6.45) is 2.92. The predicted molar refractivity (Wildman–Crippen MR) is 217 cm³/mol. The van der Waals surface area contributed by atoms with Gasteiger partial charge in [0.1, 0.15) is 17.2 Å². The second-order valence-electron chi connectivity index (χ2n) is 14.8. The van der Waals surface area contributed by atoms with E-state index >= 15 is 0 Å². The van der Waals surface area contributed by atoms with E-state index in [0.29, 0.717) is 62.6 Å². The Hall–Kier alpha value is -4.14. The van der Waals surface area contributed by atoms with E-state index in [1.807, 2.05) is 59.3 Å². The number of rotatable bonds is 20. The maximum absolute atomic E-state index is 14.4. The van der Waals surface area contributed by atoms with Gasteiger partial charge in [-0.2, -0.15) is 0 Å². The third-order valence-electron chi connectivity index (χ3n) is 9.70. The van der Waals surface area contributed by atoms with Gasteiger partial charge in [-0.05, 0) is 74.4 Å². The van der Waals surface area contributed by atoms with Crippen molar-refractivity contribution in [2.24, 2.45) is 5.92 Å². The number of thiazole rings is 1. The standard InChI is InChI=1S/C42H55N5O6S2/c1-42(2,51)39-43-35(30-55-39)28-46(3)40(49)45-37(18-19-47-20-22-52-23-21-47)38(48)27-33(25-31-11-6-4-7-12-31)16-17-34(26-32-13-8-5-9-14-32)44-41(50)53-29-36-15-10-24-54-36/h4-15,24,30,33-34,37,51H,16-23,25-29H2,1-3H3,(H,44,50)(H,45,49). The lowest BCUT2D eigenvalue weighted by atomic mass is 9.86. The van der Waals surface area contributed by atoms with Crippen molar-refractivity contribution in [3.63, 3.8) is 0 Å². The molecule has 2 aromatic carbocycles. The highest BCUT2D eigenvalue weighted by molar-refractivity contribution is 7.10. The Kier molecular flexibility index (Phi) is 16.2. The Morgan fingerprint density at radius 3 is 2.25 bits per heavy atom. The Bertz CT molecular complexity index is 1740. The Morgan fingerprint density at radius 2 is 1.62 bits per heavy atom. The van der Waals surface area contributed by atoms with Gasteiger partial charge in [-0.15, -0.1) is 22.7 Å². The third-order valence-corrected chi connectivity index (χ3v) is 11.8. The number of amides is 3. The van der Waals surface area contributed by atoms with Crippen LogP contribution in [0.4, 0.5) is 9.59 Å². The van der Waals surface area contributed by atoms with Gasteiger partial charge in [-0.1, -0.05) is 66.7 Å². The van der Waals surface area contributed by atoms with Crippen molar-refractivity contribution in [1.82, 2.24) is 25.4 Å². The van der Waals surface area contributed by atoms with Crippen LogP contribution >= 0.6 is 22.7 Å². The molecule has 2 aromatic heterocycles. The van der Waals surface area contributed by atoms with Crippen LogP contribution in [0.15, 0.2) is 83.6 Å². The number of Topliss-reactive ketones (excluding diaryl/α,β-unsaturated/α-hetero) is 1. The van der Waals surface area contributed by atoms with E-state index in [-0.39, 0.29) is 43.3 Å². The molecule has 5 rings (SSSR count). The fourth-order valence-corrected chi connectivity index (χ4v) is 8.09. The maximum Gasteiger partial charge on any atom is 0.407 e. The summed E-state index contributed by atoms with van der Waals surface area (Å²) in [7, 11) is 1.69. The van der Waals surface area contributed by atoms with Crippen molar-refractivity contribution in [3.05, 3.63) is 110 Å². The molecular weight excluding hydrogens is 735 g/mol. The number of hydrogen-bond acceptors (Lipinski definition) is 10. The molecule has 3 heterocycles. The lowest BCUT2D eigenvalue weighted by Crippen LogP contribution is -2.49. The van der Waals surface area contributed by atoms with Gasteiger partial charge in [0.2, 0.25) is 0 Å². The van der Waals surface area contributed by atoms with E-state index in [0.717, 1.165) is 29.1 Å². The summed E-state index contributed by atoms with van der Waals surface area (Å²) in [5.41, 5.74) is 1.84. The van der Waals surface area contributed by atoms with Crippen molar-refractivity contribution in [1.29, 1.82) is 0 Å². The number of nitrogens with one attached hydrogen (secondary N) is 2. The zero-order valence-corrected chi connectivity index (χ0v) is 33.8. The van der Waals surface area contributed by atoms with Crippen LogP contribution < -0.4 is 10.6 Å². The number of nitrogens with zero attached hydrogens (tertiary/aromatic N) is 3. The zero-order valence-electron chi connectivity index (χ0n) is 32.2. The van der Waals surface area contributed by atoms with Crippen LogP contribution in [0, 0.1) is 5.92 Å². The Morgan fingerprint density at radius 1 is 0.927 bits per heavy atom. The maximum atomic E-state index is 14.4. The Balaban J connectivity index is 1.28. The minimum Gasteiger partial charge on any atom is -0.444 e. The molecule has 1 saturated heterocycles. The van der Waals surface area contributed by atoms with Crippen molar-refractivity contribution in [2.45, 2.75) is 83.2 Å². The second kappa shape index (κ2) is 21.2. The average Bonchev–Trinajstić information content (AvgIpc) is 3.89. The van der Waals surface area contributed by atoms with Gasteiger partial charge in [-0.3, -0.25) is 9.69 Å². The first kappa shape index (κ1) is 42.0. The predicted octanol–water partition coefficient (Wildman–Crippen LogP) is 6.80. The molecule has 3 unspecified atom stereocenters. The molecule has 11 nitrogen and oxygen atoms in total. The van der Waals surface area contributed by atoms with Crippen LogP contribution in [-0.4, -0.2) is 89.8 Å². The lowest BCUT2D eigenvalue weighted by Gasteiger charge is -2.29. The number of benzene rings is 2. The molecule has 4 aromatic rings. The lowest BCUT2D eigenvalue weighted by molar-refractivity contribution is -0.122. The van der Waals surface area contributed by atoms with Crippen molar-refractivity contribution in [3.8, 4) is 0 Å². The molecule has 13 heteroatoms. The molecule has 0 radical (unpaired) electrons. The van der Waals surface area contributed by atoms with Gasteiger partial charge >= 0.3 is 12.1 Å². The largest absolute Gasteiger partial charge is 0.444 e. The smallest absolute Gasteiger partial charge is 0.407 e. The number of carbonyl (C=O) groups excluding carboxylic acids is 3. The summed E-state index contributed by atoms with van der Waals surface area (Å²) in [4.78, 5) is 50.3. The van der Waals surface area contributed by atoms with Crippen LogP contribution in [0.25, 0.3) is 0 Å². The number of ketones is 1. The first-order chi connectivity index (χ1) is 26.5. The molecule has 55 heavy (non-hydrogen) atoms. The number of morpholine rings is 1. The monoisotopic (exact) mass is 789 g/mol. The number of carbonyl (C=O) groups is 3. The number of aromatic nitrogens is 1. The number of urea groups is 1. The van der Waals surface area contributed by atoms with Crippen LogP contribution in [0.3, 0.4) is 0 Å². The third kappa shape index (κ3) is 14.5. The number of thiophene rings is 1. The van der Waals surface area contributed by atoms with Gasteiger partial charge in [-0.25, -0.2) is 14.6 Å². The molecule has 1 aliphatic rings. The molecule has 0 aliphatic carbocycles. The van der Waals surface area contributed by atoms with Gasteiger partial charge in [0, 0.05) is 49.4 Å². The van der Waals surface area contributed by atoms with E-state index in [1.54, 1.807) is 32.2 Å². The Labute approximate surface area is 333 Å². The highest BCUT2D eigenvalue weighted by Crippen LogP contribution is 2.25. The molecule has 3 amide bonds. The quantitative estimate of drug-likeness (QED) is 0.0891. The van der Waals surface area contributed by atoms with E-state index in [2.05, 4.69) is 44.8 Å². The first-order valence-electron chi connectivity index (χ1n) is 19.1. The topological polar surface area (TPSA) is 133 Å². The zero-order chi connectivity index (χ0) is 39.0. The first-order valence-corrected chi connectivity index (χ1v) is 20.8. The van der Waals surface area contributed by atoms with Gasteiger partial charge in [0.25, 0.3) is 0 Å². The molecule has 0 bridgehead atoms. The molecule has 296 valence electrons. The molecule has 1 fully saturated rings. The molecule has 0 saturated carbocycles. The van der Waals surface area contributed by atoms with Crippen molar-refractivity contribution < 1.29 is 29.0 Å². The highest BCUT2D eigenvalue weighted by Gasteiger charge is 2.28. The molecule has 3 N–H and O–H groups in total. The summed E-state index contributed by atoms with van der Waals surface area (Å²) >= 11 is 2.90. The molecule has 0 spiro atoms. The van der Waals surface area contributed by atoms with Gasteiger partial charge in [0.05, 0.1) is 31.5 Å². The summed E-state index contributed by atoms with van der Waals surface area (Å²) in [5, 5.41) is 20.9. The summed E-state index contributed by atoms with van der Waals surface area (Å²) in [6, 6.07) is 22.8. The van der Waals surface area contributed by atoms with Crippen LogP contribution in [-0.2, 0) is 45.9 Å². The van der Waals surface area contributed by atoms with E-state index < -0.39 is 17.7 Å². The van der Waals surface area contributed by atoms with E-state index in [1.165, 1.54) is 16.2 Å². The van der Waals surface area contributed by atoms with E-state index in [9.17, 15) is 19.5 Å². The normalized spacial score (nSPS) is 15.1. The van der Waals surface area contributed by atoms with Gasteiger partial charge < -0.3 is 30.1 Å². The summed E-state index contributed by atoms with van der Waals surface area (Å²) in [5.74, 6) is -0.0512. The fraction of sp³-hybridized carbons (Fsp3) is 0.476. The number of aliphatic hydroxyl groups is 1. The second-order valence-corrected chi connectivity index (χ2v) is 16.7. The minimum absolute atomic E-state index is 0.0168. The van der Waals surface area contributed by atoms with Crippen LogP contribution in [0.5, 0.6) is 0 Å². The van der Waals surface area contributed by atoms with Crippen LogP contribution in [0.2, 0.25) is 0 Å². The number of alkyl carbamates (subject to hydrolysis) is 1.